The molecule has 0 bridgehead atoms. The fraction of sp³-hybridized carbons (Fsp3) is 0.0714. The molecule has 1 heterocycles. The third-order valence-electron chi connectivity index (χ3n) is 3.10. The first-order valence-corrected chi connectivity index (χ1v) is 5.96. The van der Waals surface area contributed by atoms with E-state index in [9.17, 15) is 17.6 Å². The number of alkyl halides is 3. The maximum atomic E-state index is 13.3. The number of nitrogen functional groups attached to an aromatic ring is 1. The normalized spacial score (nSPS) is 12.0. The first kappa shape index (κ1) is 13.4. The van der Waals surface area contributed by atoms with Crippen molar-refractivity contribution in [2.24, 2.45) is 0 Å². The number of nitrogens with zero attached hydrogens (tertiary/aromatic N) is 2. The second kappa shape index (κ2) is 4.47. The molecule has 3 rings (SSSR count). The number of nitrogens with two attached hydrogens (primary N) is 1. The number of halogens is 4. The van der Waals surface area contributed by atoms with E-state index >= 15 is 0 Å². The third-order valence-corrected chi connectivity index (χ3v) is 3.10. The number of benzene rings is 2. The van der Waals surface area contributed by atoms with Gasteiger partial charge in [0.15, 0.2) is 0 Å². The maximum Gasteiger partial charge on any atom is 0.419 e. The van der Waals surface area contributed by atoms with Gasteiger partial charge in [0.25, 0.3) is 0 Å². The first-order valence-electron chi connectivity index (χ1n) is 5.96. The molecule has 3 nitrogen and oxygen atoms in total. The van der Waals surface area contributed by atoms with Crippen molar-refractivity contribution in [3.8, 4) is 5.69 Å². The molecule has 7 heteroatoms. The van der Waals surface area contributed by atoms with Crippen molar-refractivity contribution in [3.63, 3.8) is 0 Å². The van der Waals surface area contributed by atoms with Crippen LogP contribution in [-0.4, -0.2) is 9.55 Å². The molecule has 0 atom stereocenters. The highest BCUT2D eigenvalue weighted by Gasteiger charge is 2.34. The number of aromatic nitrogens is 2. The van der Waals surface area contributed by atoms with Gasteiger partial charge in [-0.25, -0.2) is 9.37 Å². The fourth-order valence-corrected chi connectivity index (χ4v) is 2.12. The molecular formula is C14H9F4N3. The molecule has 0 radical (unpaired) electrons. The Morgan fingerprint density at radius 3 is 2.52 bits per heavy atom. The van der Waals surface area contributed by atoms with Crippen LogP contribution < -0.4 is 5.73 Å². The largest absolute Gasteiger partial charge is 0.419 e. The second-order valence-electron chi connectivity index (χ2n) is 4.52. The Morgan fingerprint density at radius 2 is 1.81 bits per heavy atom. The van der Waals surface area contributed by atoms with Crippen LogP contribution in [0.2, 0.25) is 0 Å². The maximum absolute atomic E-state index is 13.3. The van der Waals surface area contributed by atoms with E-state index in [0.717, 1.165) is 12.1 Å². The van der Waals surface area contributed by atoms with E-state index in [2.05, 4.69) is 4.98 Å². The monoisotopic (exact) mass is 295 g/mol. The molecular weight excluding hydrogens is 286 g/mol. The molecule has 3 aromatic rings. The van der Waals surface area contributed by atoms with Crippen LogP contribution in [0, 0.1) is 5.82 Å². The van der Waals surface area contributed by atoms with E-state index in [-0.39, 0.29) is 5.69 Å². The quantitative estimate of drug-likeness (QED) is 0.548. The standard InChI is InChI=1S/C14H9F4N3/c15-11-3-2-9(6-10(11)14(16,17)18)21-7-20-12-5-8(19)1-4-13(12)21/h1-7H,19H2. The van der Waals surface area contributed by atoms with Crippen LogP contribution in [0.1, 0.15) is 5.56 Å². The lowest BCUT2D eigenvalue weighted by molar-refractivity contribution is -0.140. The lowest BCUT2D eigenvalue weighted by Crippen LogP contribution is -2.09. The Morgan fingerprint density at radius 1 is 1.05 bits per heavy atom. The van der Waals surface area contributed by atoms with Gasteiger partial charge in [-0.05, 0) is 36.4 Å². The van der Waals surface area contributed by atoms with Crippen LogP contribution in [0.5, 0.6) is 0 Å². The topological polar surface area (TPSA) is 43.8 Å². The Balaban J connectivity index is 2.19. The molecule has 0 amide bonds. The lowest BCUT2D eigenvalue weighted by atomic mass is 10.1. The van der Waals surface area contributed by atoms with E-state index in [4.69, 9.17) is 5.73 Å². The minimum atomic E-state index is -4.75. The van der Waals surface area contributed by atoms with Gasteiger partial charge in [-0.3, -0.25) is 4.57 Å². The van der Waals surface area contributed by atoms with Gasteiger partial charge >= 0.3 is 6.18 Å². The number of imidazole rings is 1. The molecule has 21 heavy (non-hydrogen) atoms. The molecule has 0 saturated heterocycles. The molecule has 108 valence electrons. The molecule has 0 aliphatic carbocycles. The molecule has 0 spiro atoms. The van der Waals surface area contributed by atoms with E-state index in [1.807, 2.05) is 0 Å². The summed E-state index contributed by atoms with van der Waals surface area (Å²) in [5.41, 5.74) is 6.13. The molecule has 0 aliphatic heterocycles. The highest BCUT2D eigenvalue weighted by Crippen LogP contribution is 2.33. The molecule has 2 aromatic carbocycles. The Hall–Kier alpha value is -2.57. The summed E-state index contributed by atoms with van der Waals surface area (Å²) in [7, 11) is 0. The Kier molecular flexibility index (Phi) is 2.86. The fourth-order valence-electron chi connectivity index (χ4n) is 2.12. The van der Waals surface area contributed by atoms with Crippen LogP contribution in [0.4, 0.5) is 23.2 Å². The smallest absolute Gasteiger partial charge is 0.399 e. The predicted octanol–water partition coefficient (Wildman–Crippen LogP) is 3.77. The average Bonchev–Trinajstić information content (AvgIpc) is 2.81. The average molecular weight is 295 g/mol. The molecule has 2 N–H and O–H groups in total. The van der Waals surface area contributed by atoms with Crippen LogP contribution in [0.3, 0.4) is 0 Å². The summed E-state index contributed by atoms with van der Waals surface area (Å²) in [5.74, 6) is -1.31. The number of hydrogen-bond donors (Lipinski definition) is 1. The van der Waals surface area contributed by atoms with Crippen molar-refractivity contribution in [3.05, 3.63) is 54.1 Å². The van der Waals surface area contributed by atoms with E-state index in [1.54, 1.807) is 18.2 Å². The summed E-state index contributed by atoms with van der Waals surface area (Å²) in [6, 6.07) is 7.69. The molecule has 0 fully saturated rings. The number of anilines is 1. The highest BCUT2D eigenvalue weighted by molar-refractivity contribution is 5.80. The van der Waals surface area contributed by atoms with Crippen molar-refractivity contribution in [1.29, 1.82) is 0 Å². The van der Waals surface area contributed by atoms with Gasteiger partial charge in [-0.1, -0.05) is 0 Å². The third kappa shape index (κ3) is 2.31. The van der Waals surface area contributed by atoms with Gasteiger partial charge in [0, 0.05) is 11.4 Å². The number of hydrogen-bond acceptors (Lipinski definition) is 2. The summed E-state index contributed by atoms with van der Waals surface area (Å²) in [6.07, 6.45) is -3.38. The summed E-state index contributed by atoms with van der Waals surface area (Å²) < 4.78 is 53.0. The van der Waals surface area contributed by atoms with Crippen molar-refractivity contribution in [2.75, 3.05) is 5.73 Å². The van der Waals surface area contributed by atoms with Gasteiger partial charge in [0.05, 0.1) is 16.6 Å². The van der Waals surface area contributed by atoms with Crippen LogP contribution in [0.25, 0.3) is 16.7 Å². The van der Waals surface area contributed by atoms with Crippen LogP contribution >= 0.6 is 0 Å². The molecule has 0 aliphatic rings. The number of rotatable bonds is 1. The van der Waals surface area contributed by atoms with Crippen molar-refractivity contribution in [2.45, 2.75) is 6.18 Å². The summed E-state index contributed by atoms with van der Waals surface area (Å²) in [4.78, 5) is 4.08. The molecule has 1 aromatic heterocycles. The minimum Gasteiger partial charge on any atom is -0.399 e. The second-order valence-corrected chi connectivity index (χ2v) is 4.52. The summed E-state index contributed by atoms with van der Waals surface area (Å²) >= 11 is 0. The number of fused-ring (bicyclic) bond motifs is 1. The van der Waals surface area contributed by atoms with Crippen LogP contribution in [-0.2, 0) is 6.18 Å². The minimum absolute atomic E-state index is 0.177. The summed E-state index contributed by atoms with van der Waals surface area (Å²) in [5, 5.41) is 0. The van der Waals surface area contributed by atoms with Crippen molar-refractivity contribution < 1.29 is 17.6 Å². The van der Waals surface area contributed by atoms with Gasteiger partial charge in [0.1, 0.15) is 12.1 Å². The molecule has 0 unspecified atom stereocenters. The van der Waals surface area contributed by atoms with Crippen molar-refractivity contribution in [1.82, 2.24) is 9.55 Å². The summed E-state index contributed by atoms with van der Waals surface area (Å²) in [6.45, 7) is 0. The van der Waals surface area contributed by atoms with E-state index in [1.165, 1.54) is 17.0 Å². The first-order chi connectivity index (χ1) is 9.86. The van der Waals surface area contributed by atoms with Gasteiger partial charge < -0.3 is 5.73 Å². The SMILES string of the molecule is Nc1ccc2c(c1)ncn2-c1ccc(F)c(C(F)(F)F)c1. The van der Waals surface area contributed by atoms with Gasteiger partial charge in [-0.15, -0.1) is 0 Å². The van der Waals surface area contributed by atoms with E-state index < -0.39 is 17.6 Å². The van der Waals surface area contributed by atoms with Crippen molar-refractivity contribution >= 4 is 16.7 Å². The Bertz CT molecular complexity index is 821. The lowest BCUT2D eigenvalue weighted by Gasteiger charge is -2.11. The van der Waals surface area contributed by atoms with Gasteiger partial charge in [-0.2, -0.15) is 13.2 Å². The highest BCUT2D eigenvalue weighted by atomic mass is 19.4. The predicted molar refractivity (Wildman–Crippen MR) is 70.4 cm³/mol. The zero-order valence-electron chi connectivity index (χ0n) is 10.5. The zero-order chi connectivity index (χ0) is 15.2. The van der Waals surface area contributed by atoms with Crippen LogP contribution in [0.15, 0.2) is 42.7 Å². The van der Waals surface area contributed by atoms with Gasteiger partial charge in [0.2, 0.25) is 0 Å². The van der Waals surface area contributed by atoms with E-state index in [0.29, 0.717) is 16.7 Å². The Labute approximate surface area is 116 Å². The molecule has 0 saturated carbocycles. The zero-order valence-corrected chi connectivity index (χ0v) is 10.5.